The van der Waals surface area contributed by atoms with Gasteiger partial charge in [0.15, 0.2) is 0 Å². The minimum Gasteiger partial charge on any atom is -0.491 e. The van der Waals surface area contributed by atoms with E-state index in [1.165, 1.54) is 5.56 Å². The van der Waals surface area contributed by atoms with Gasteiger partial charge >= 0.3 is 0 Å². The molecule has 0 aliphatic carbocycles. The number of carbonyl (C=O) groups is 2. The van der Waals surface area contributed by atoms with Gasteiger partial charge in [0.25, 0.3) is 5.91 Å². The molecule has 1 saturated heterocycles. The summed E-state index contributed by atoms with van der Waals surface area (Å²) >= 11 is 0. The predicted molar refractivity (Wildman–Crippen MR) is 153 cm³/mol. The highest BCUT2D eigenvalue weighted by Crippen LogP contribution is 2.39. The highest BCUT2D eigenvalue weighted by molar-refractivity contribution is 5.94. The number of nitrogens with zero attached hydrogens (tertiary/aromatic N) is 4. The van der Waals surface area contributed by atoms with Crippen LogP contribution in [0.15, 0.2) is 60.7 Å². The molecule has 0 radical (unpaired) electrons. The van der Waals surface area contributed by atoms with Gasteiger partial charge in [-0.3, -0.25) is 14.3 Å². The molecule has 3 heterocycles. The fraction of sp³-hybridized carbons (Fsp3) is 0.469. The van der Waals surface area contributed by atoms with Gasteiger partial charge < -0.3 is 14.5 Å². The van der Waals surface area contributed by atoms with Crippen molar-refractivity contribution < 1.29 is 14.3 Å². The molecule has 1 fully saturated rings. The Balaban J connectivity index is 1.28. The summed E-state index contributed by atoms with van der Waals surface area (Å²) in [6.07, 6.45) is 6.41. The number of para-hydroxylation sites is 1. The molecule has 2 aliphatic heterocycles. The van der Waals surface area contributed by atoms with E-state index >= 15 is 0 Å². The molecule has 0 saturated carbocycles. The van der Waals surface area contributed by atoms with Crippen LogP contribution >= 0.6 is 0 Å². The minimum absolute atomic E-state index is 0.00186. The van der Waals surface area contributed by atoms with Gasteiger partial charge in [0.2, 0.25) is 5.91 Å². The maximum absolute atomic E-state index is 13.8. The Morgan fingerprint density at radius 1 is 0.949 bits per heavy atom. The Bertz CT molecular complexity index is 1280. The van der Waals surface area contributed by atoms with E-state index in [4.69, 9.17) is 9.84 Å². The van der Waals surface area contributed by atoms with Gasteiger partial charge in [-0.25, -0.2) is 0 Å². The third-order valence-electron chi connectivity index (χ3n) is 8.43. The molecule has 0 unspecified atom stereocenters. The molecule has 3 aromatic rings. The molecule has 0 N–H and O–H groups in total. The van der Waals surface area contributed by atoms with E-state index < -0.39 is 5.41 Å². The Morgan fingerprint density at radius 3 is 2.46 bits per heavy atom. The molecule has 2 amide bonds. The lowest BCUT2D eigenvalue weighted by Gasteiger charge is -2.42. The average molecular weight is 529 g/mol. The van der Waals surface area contributed by atoms with E-state index in [2.05, 4.69) is 12.1 Å². The summed E-state index contributed by atoms with van der Waals surface area (Å²) in [4.78, 5) is 31.2. The van der Waals surface area contributed by atoms with Crippen molar-refractivity contribution >= 4 is 11.8 Å². The molecule has 7 heteroatoms. The van der Waals surface area contributed by atoms with Gasteiger partial charge in [-0.15, -0.1) is 0 Å². The van der Waals surface area contributed by atoms with Crippen LogP contribution in [0, 0.1) is 5.41 Å². The second-order valence-corrected chi connectivity index (χ2v) is 10.9. The average Bonchev–Trinajstić information content (AvgIpc) is 3.42. The van der Waals surface area contributed by atoms with Crippen LogP contribution in [-0.2, 0) is 17.8 Å². The second-order valence-electron chi connectivity index (χ2n) is 10.9. The fourth-order valence-corrected chi connectivity index (χ4v) is 6.06. The minimum atomic E-state index is -0.424. The zero-order valence-corrected chi connectivity index (χ0v) is 23.3. The number of hydrogen-bond acceptors (Lipinski definition) is 4. The number of piperidine rings is 1. The first-order chi connectivity index (χ1) is 19.0. The maximum Gasteiger partial charge on any atom is 0.272 e. The normalized spacial score (nSPS) is 18.5. The van der Waals surface area contributed by atoms with Crippen molar-refractivity contribution in [1.29, 1.82) is 0 Å². The third-order valence-corrected chi connectivity index (χ3v) is 8.43. The van der Waals surface area contributed by atoms with Crippen molar-refractivity contribution in [3.63, 3.8) is 0 Å². The summed E-state index contributed by atoms with van der Waals surface area (Å²) in [6, 6.07) is 20.1. The van der Waals surface area contributed by atoms with E-state index in [0.29, 0.717) is 51.3 Å². The van der Waals surface area contributed by atoms with Crippen molar-refractivity contribution in [2.24, 2.45) is 5.41 Å². The van der Waals surface area contributed by atoms with Crippen molar-refractivity contribution in [1.82, 2.24) is 19.6 Å². The van der Waals surface area contributed by atoms with Crippen LogP contribution in [0.4, 0.5) is 0 Å². The Morgan fingerprint density at radius 2 is 1.69 bits per heavy atom. The number of hydrogen-bond donors (Lipinski definition) is 0. The molecular formula is C32H40N4O3. The number of aromatic nitrogens is 2. The summed E-state index contributed by atoms with van der Waals surface area (Å²) in [5.74, 6) is 1.12. The number of likely N-dealkylation sites (tertiary alicyclic amines) is 1. The van der Waals surface area contributed by atoms with Crippen molar-refractivity contribution in [2.75, 3.05) is 33.3 Å². The van der Waals surface area contributed by atoms with Crippen LogP contribution in [0.5, 0.6) is 5.75 Å². The van der Waals surface area contributed by atoms with Crippen LogP contribution in [0.3, 0.4) is 0 Å². The molecule has 1 aromatic heterocycles. The van der Waals surface area contributed by atoms with Crippen molar-refractivity contribution in [2.45, 2.75) is 58.4 Å². The standard InChI is InChI=1S/C32H40N4O3/c1-3-36-28(24-27(33-36)25-12-6-4-7-13-25)30(37)35-20-18-32(19-21-35)17-11-5-8-14-26-15-9-10-16-29(26)39-23-22-34(2)31(32)38/h4,6-7,9-10,12-13,15-16,24H,3,5,8,11,14,17-23H2,1-2H3. The molecule has 1 spiro atoms. The van der Waals surface area contributed by atoms with Gasteiger partial charge in [-0.1, -0.05) is 61.4 Å². The highest BCUT2D eigenvalue weighted by Gasteiger charge is 2.43. The Hall–Kier alpha value is -3.61. The molecule has 2 aromatic carbocycles. The molecule has 7 nitrogen and oxygen atoms in total. The summed E-state index contributed by atoms with van der Waals surface area (Å²) in [6.45, 7) is 4.82. The fourth-order valence-electron chi connectivity index (χ4n) is 6.06. The van der Waals surface area contributed by atoms with Gasteiger partial charge in [0, 0.05) is 32.2 Å². The van der Waals surface area contributed by atoms with Crippen molar-refractivity contribution in [3.8, 4) is 17.0 Å². The van der Waals surface area contributed by atoms with E-state index in [1.807, 2.05) is 72.3 Å². The van der Waals surface area contributed by atoms with Gasteiger partial charge in [-0.05, 0) is 56.7 Å². The van der Waals surface area contributed by atoms with Gasteiger partial charge in [0.05, 0.1) is 17.7 Å². The summed E-state index contributed by atoms with van der Waals surface area (Å²) in [7, 11) is 1.89. The van der Waals surface area contributed by atoms with Gasteiger partial charge in [0.1, 0.15) is 18.1 Å². The number of amides is 2. The molecule has 206 valence electrons. The molecular weight excluding hydrogens is 488 g/mol. The maximum atomic E-state index is 13.8. The molecule has 0 atom stereocenters. The number of aryl methyl sites for hydroxylation is 2. The smallest absolute Gasteiger partial charge is 0.272 e. The van der Waals surface area contributed by atoms with Crippen LogP contribution < -0.4 is 4.74 Å². The predicted octanol–water partition coefficient (Wildman–Crippen LogP) is 5.45. The third kappa shape index (κ3) is 5.87. The second kappa shape index (κ2) is 12.1. The number of ether oxygens (including phenoxy) is 1. The zero-order chi connectivity index (χ0) is 27.2. The number of fused-ring (bicyclic) bond motifs is 1. The lowest BCUT2D eigenvalue weighted by Crippen LogP contribution is -2.51. The summed E-state index contributed by atoms with van der Waals surface area (Å²) < 4.78 is 7.89. The number of carbonyl (C=O) groups excluding carboxylic acids is 2. The number of benzene rings is 2. The van der Waals surface area contributed by atoms with E-state index in [-0.39, 0.29) is 11.8 Å². The highest BCUT2D eigenvalue weighted by atomic mass is 16.5. The van der Waals surface area contributed by atoms with Crippen LogP contribution in [0.2, 0.25) is 0 Å². The summed E-state index contributed by atoms with van der Waals surface area (Å²) in [5, 5.41) is 4.70. The number of rotatable bonds is 3. The molecule has 5 rings (SSSR count). The summed E-state index contributed by atoms with van der Waals surface area (Å²) in [5.41, 5.74) is 3.25. The Labute approximate surface area is 231 Å². The number of likely N-dealkylation sites (N-methyl/N-ethyl adjacent to an activating group) is 1. The van der Waals surface area contributed by atoms with E-state index in [9.17, 15) is 9.59 Å². The monoisotopic (exact) mass is 528 g/mol. The SMILES string of the molecule is CCn1nc(-c2ccccc2)cc1C(=O)N1CCC2(CCCCCc3ccccc3OCCN(C)C2=O)CC1. The first-order valence-electron chi connectivity index (χ1n) is 14.4. The van der Waals surface area contributed by atoms with Crippen LogP contribution in [-0.4, -0.2) is 64.7 Å². The van der Waals surface area contributed by atoms with Crippen LogP contribution in [0.25, 0.3) is 11.3 Å². The topological polar surface area (TPSA) is 67.7 Å². The van der Waals surface area contributed by atoms with E-state index in [0.717, 1.165) is 49.1 Å². The quantitative estimate of drug-likeness (QED) is 0.454. The largest absolute Gasteiger partial charge is 0.491 e. The molecule has 39 heavy (non-hydrogen) atoms. The lowest BCUT2D eigenvalue weighted by atomic mass is 9.73. The molecule has 0 bridgehead atoms. The molecule has 2 aliphatic rings. The van der Waals surface area contributed by atoms with E-state index in [1.54, 1.807) is 4.68 Å². The first kappa shape index (κ1) is 27.0. The van der Waals surface area contributed by atoms with Crippen molar-refractivity contribution in [3.05, 3.63) is 71.9 Å². The first-order valence-corrected chi connectivity index (χ1v) is 14.4. The van der Waals surface area contributed by atoms with Gasteiger partial charge in [-0.2, -0.15) is 5.10 Å². The Kier molecular flexibility index (Phi) is 8.34. The zero-order valence-electron chi connectivity index (χ0n) is 23.3. The lowest BCUT2D eigenvalue weighted by molar-refractivity contribution is -0.144. The van der Waals surface area contributed by atoms with Crippen LogP contribution in [0.1, 0.15) is 61.5 Å².